The number of nitrogens with one attached hydrogen (secondary N) is 2. The maximum absolute atomic E-state index is 12.1. The molecule has 0 saturated carbocycles. The molecule has 23 nitrogen and oxygen atoms in total. The van der Waals surface area contributed by atoms with E-state index in [0.717, 1.165) is 0 Å². The van der Waals surface area contributed by atoms with E-state index in [1.165, 1.54) is 35.7 Å². The largest absolute Gasteiger partial charge is 0.394 e. The van der Waals surface area contributed by atoms with E-state index in [1.807, 2.05) is 12.1 Å². The number of aromatic nitrogens is 6. The van der Waals surface area contributed by atoms with Crippen LogP contribution in [0.4, 0.5) is 11.9 Å². The summed E-state index contributed by atoms with van der Waals surface area (Å²) < 4.78 is 40.2. The molecule has 11 N–H and O–H groups in total. The van der Waals surface area contributed by atoms with Crippen LogP contribution in [0.2, 0.25) is 0 Å². The lowest BCUT2D eigenvalue weighted by Crippen LogP contribution is -2.34. The highest BCUT2D eigenvalue weighted by molar-refractivity contribution is 7.51. The van der Waals surface area contributed by atoms with Crippen LogP contribution in [0.1, 0.15) is 23.6 Å². The van der Waals surface area contributed by atoms with E-state index in [1.54, 1.807) is 0 Å². The number of rotatable bonds is 8. The number of aliphatic hydroxyl groups excluding tert-OH is 3. The zero-order valence-corrected chi connectivity index (χ0v) is 26.9. The highest BCUT2D eigenvalue weighted by Crippen LogP contribution is 2.39. The lowest BCUT2D eigenvalue weighted by molar-refractivity contribution is -0.167. The molecule has 0 aromatic carbocycles. The van der Waals surface area contributed by atoms with Gasteiger partial charge in [0.15, 0.2) is 36.4 Å². The van der Waals surface area contributed by atoms with Crippen molar-refractivity contribution < 1.29 is 53.4 Å². The summed E-state index contributed by atoms with van der Waals surface area (Å²) in [6, 6.07) is 3.77. The van der Waals surface area contributed by atoms with Gasteiger partial charge in [-0.25, -0.2) is 0 Å². The molecule has 24 heteroatoms. The van der Waals surface area contributed by atoms with E-state index in [0.29, 0.717) is 0 Å². The Bertz CT molecular complexity index is 2150. The normalized spacial score (nSPS) is 26.5. The Morgan fingerprint density at radius 3 is 1.78 bits per heavy atom. The molecule has 4 aromatic rings. The van der Waals surface area contributed by atoms with Gasteiger partial charge in [0.05, 0.1) is 17.7 Å². The molecule has 268 valence electrons. The fourth-order valence-corrected chi connectivity index (χ4v) is 6.00. The molecular formula is C26H31N10O13P. The van der Waals surface area contributed by atoms with Gasteiger partial charge in [-0.3, -0.25) is 24.1 Å². The molecule has 0 spiro atoms. The zero-order valence-electron chi connectivity index (χ0n) is 26.0. The molecule has 6 heterocycles. The standard InChI is InChI=1S/C13H16N5O8P.C13H15N5O5/c1-24-8-7(19)12(25-4-27(21,22)23)26-11(8)18-3-5(2-14)6-9(18)16-13(15)17-10(6)20;1-22-9-8(20)6(4-19)23-12(9)18-3-5(2-14)7-10(18)16-13(15)17-11(7)21/h3,7-8,11-12,19H,4H2,1H3,(H2,21,22,23)(H3,15,16,17,20);3,6,8-9,12,19-20H,4H2,1H3,(H3,15,16,17,21)/t7?,8-,11-,12+;6-,8?,9-,12-/m11/s1. The molecule has 0 amide bonds. The zero-order chi connectivity index (χ0) is 36.7. The highest BCUT2D eigenvalue weighted by atomic mass is 31.2. The quantitative estimate of drug-likeness (QED) is 0.0818. The summed E-state index contributed by atoms with van der Waals surface area (Å²) in [7, 11) is -1.83. The Morgan fingerprint density at radius 1 is 0.900 bits per heavy atom. The molecule has 0 aliphatic carbocycles. The van der Waals surface area contributed by atoms with Gasteiger partial charge in [-0.1, -0.05) is 0 Å². The lowest BCUT2D eigenvalue weighted by atomic mass is 10.1. The molecule has 2 aliphatic rings. The van der Waals surface area contributed by atoms with Crippen LogP contribution >= 0.6 is 7.60 Å². The minimum Gasteiger partial charge on any atom is -0.394 e. The van der Waals surface area contributed by atoms with Gasteiger partial charge in [0.2, 0.25) is 11.9 Å². The maximum Gasteiger partial charge on any atom is 0.351 e. The lowest BCUT2D eigenvalue weighted by Gasteiger charge is -2.20. The van der Waals surface area contributed by atoms with Gasteiger partial charge in [-0.05, 0) is 0 Å². The Hall–Kier alpha value is -4.75. The van der Waals surface area contributed by atoms with E-state index in [9.17, 15) is 40.0 Å². The number of anilines is 2. The first-order valence-electron chi connectivity index (χ1n) is 14.3. The number of aromatic amines is 2. The Labute approximate surface area is 278 Å². The average molecular weight is 723 g/mol. The van der Waals surface area contributed by atoms with Crippen LogP contribution in [0, 0.1) is 22.7 Å². The van der Waals surface area contributed by atoms with E-state index in [2.05, 4.69) is 19.9 Å². The van der Waals surface area contributed by atoms with Crippen LogP contribution in [0.5, 0.6) is 0 Å². The SMILES string of the molecule is CO[C@@H]1C(O)[C@@H](CO)O[C@H]1n1cc(C#N)c2c(=O)[nH]c(N)nc21.CO[C@@H]1C(O)[C@@H](OCP(=O)(O)O)O[C@H]1n1cc(C#N)c2c(=O)[nH]c(N)nc21. The number of fused-ring (bicyclic) bond motifs is 2. The number of H-pyrrole nitrogens is 2. The Kier molecular flexibility index (Phi) is 10.4. The van der Waals surface area contributed by atoms with E-state index in [4.69, 9.17) is 44.9 Å². The minimum atomic E-state index is -4.50. The topological polar surface area (TPSA) is 365 Å². The summed E-state index contributed by atoms with van der Waals surface area (Å²) in [6.07, 6.45) is -6.90. The van der Waals surface area contributed by atoms with Crippen LogP contribution in [0.15, 0.2) is 22.0 Å². The van der Waals surface area contributed by atoms with Gasteiger partial charge in [0.1, 0.15) is 53.4 Å². The van der Waals surface area contributed by atoms with Crippen LogP contribution < -0.4 is 22.6 Å². The van der Waals surface area contributed by atoms with E-state index < -0.39 is 80.9 Å². The molecular weight excluding hydrogens is 691 g/mol. The monoisotopic (exact) mass is 722 g/mol. The van der Waals surface area contributed by atoms with E-state index in [-0.39, 0.29) is 45.1 Å². The maximum atomic E-state index is 12.1. The number of nitrogen functional groups attached to an aromatic ring is 2. The third kappa shape index (κ3) is 6.71. The summed E-state index contributed by atoms with van der Waals surface area (Å²) >= 11 is 0. The number of hydrogen-bond acceptors (Lipinski definition) is 17. The van der Waals surface area contributed by atoms with Gasteiger partial charge >= 0.3 is 7.60 Å². The van der Waals surface area contributed by atoms with Crippen LogP contribution in [0.3, 0.4) is 0 Å². The molecule has 0 radical (unpaired) electrons. The Morgan fingerprint density at radius 2 is 1.36 bits per heavy atom. The van der Waals surface area contributed by atoms with Crippen molar-refractivity contribution in [1.29, 1.82) is 10.5 Å². The van der Waals surface area contributed by atoms with Crippen LogP contribution in [-0.2, 0) is 28.2 Å². The second-order valence-electron chi connectivity index (χ2n) is 10.9. The van der Waals surface area contributed by atoms with Crippen molar-refractivity contribution in [3.05, 3.63) is 44.2 Å². The van der Waals surface area contributed by atoms with Gasteiger partial charge in [-0.15, -0.1) is 0 Å². The number of nitrogens with zero attached hydrogens (tertiary/aromatic N) is 6. The van der Waals surface area contributed by atoms with Crippen molar-refractivity contribution in [2.75, 3.05) is 38.6 Å². The minimum absolute atomic E-state index is 0.00808. The van der Waals surface area contributed by atoms with Crippen LogP contribution in [0.25, 0.3) is 22.1 Å². The van der Waals surface area contributed by atoms with Gasteiger partial charge in [0, 0.05) is 26.6 Å². The smallest absolute Gasteiger partial charge is 0.351 e. The fourth-order valence-electron chi connectivity index (χ4n) is 5.66. The molecule has 8 atom stereocenters. The van der Waals surface area contributed by atoms with Crippen molar-refractivity contribution in [2.45, 2.75) is 49.3 Å². The summed E-state index contributed by atoms with van der Waals surface area (Å²) in [5.41, 5.74) is 10.2. The van der Waals surface area contributed by atoms with Crippen molar-refractivity contribution >= 4 is 41.6 Å². The van der Waals surface area contributed by atoms with Crippen molar-refractivity contribution in [1.82, 2.24) is 29.1 Å². The summed E-state index contributed by atoms with van der Waals surface area (Å²) in [5.74, 6) is -0.310. The summed E-state index contributed by atoms with van der Waals surface area (Å²) in [4.78, 5) is 54.7. The summed E-state index contributed by atoms with van der Waals surface area (Å²) in [5, 5.41) is 48.2. The average Bonchev–Trinajstić information content (AvgIpc) is 3.79. The first-order chi connectivity index (χ1) is 23.7. The number of nitrogens with two attached hydrogens (primary N) is 2. The third-order valence-corrected chi connectivity index (χ3v) is 8.29. The number of ether oxygens (including phenoxy) is 5. The molecule has 2 saturated heterocycles. The van der Waals surface area contributed by atoms with Crippen molar-refractivity contribution in [3.8, 4) is 12.1 Å². The molecule has 2 aliphatic heterocycles. The third-order valence-electron chi connectivity index (χ3n) is 7.80. The van der Waals surface area contributed by atoms with Gasteiger partial charge in [0.25, 0.3) is 11.1 Å². The molecule has 4 aromatic heterocycles. The second kappa shape index (κ2) is 14.2. The van der Waals surface area contributed by atoms with Gasteiger partial charge in [-0.2, -0.15) is 20.5 Å². The van der Waals surface area contributed by atoms with E-state index >= 15 is 0 Å². The number of methoxy groups -OCH3 is 2. The van der Waals surface area contributed by atoms with Crippen LogP contribution in [-0.4, -0.2) is 118 Å². The fraction of sp³-hybridized carbons (Fsp3) is 0.462. The first kappa shape index (κ1) is 36.5. The highest BCUT2D eigenvalue weighted by Gasteiger charge is 2.48. The molecule has 2 fully saturated rings. The van der Waals surface area contributed by atoms with Crippen molar-refractivity contribution in [3.63, 3.8) is 0 Å². The number of hydrogen-bond donors (Lipinski definition) is 9. The number of nitriles is 2. The Balaban J connectivity index is 0.000000197. The summed E-state index contributed by atoms with van der Waals surface area (Å²) in [6.45, 7) is -0.405. The first-order valence-corrected chi connectivity index (χ1v) is 16.1. The predicted molar refractivity (Wildman–Crippen MR) is 165 cm³/mol. The van der Waals surface area contributed by atoms with Crippen molar-refractivity contribution in [2.24, 2.45) is 0 Å². The number of aliphatic hydroxyl groups is 3. The predicted octanol–water partition coefficient (Wildman–Crippen LogP) is -2.99. The second-order valence-corrected chi connectivity index (χ2v) is 12.5. The molecule has 0 bridgehead atoms. The molecule has 2 unspecified atom stereocenters. The molecule has 6 rings (SSSR count). The molecule has 50 heavy (non-hydrogen) atoms. The van der Waals surface area contributed by atoms with Gasteiger partial charge < -0.3 is 69.4 Å².